The molecule has 5 N–H and O–H groups in total. The zero-order valence-corrected chi connectivity index (χ0v) is 23.6. The van der Waals surface area contributed by atoms with E-state index in [0.717, 1.165) is 68.3 Å². The van der Waals surface area contributed by atoms with Gasteiger partial charge in [-0.1, -0.05) is 19.6 Å². The molecule has 1 fully saturated rings. The predicted octanol–water partition coefficient (Wildman–Crippen LogP) is 4.63. The van der Waals surface area contributed by atoms with Crippen LogP contribution in [-0.4, -0.2) is 58.8 Å². The zero-order chi connectivity index (χ0) is 27.7. The molecular weight excluding hydrogens is 528 g/mol. The number of methoxy groups -OCH3 is 2. The van der Waals surface area contributed by atoms with Crippen LogP contribution >= 0.6 is 0 Å². The van der Waals surface area contributed by atoms with Gasteiger partial charge in [-0.15, -0.1) is 0 Å². The average Bonchev–Trinajstić information content (AvgIpc) is 2.97. The van der Waals surface area contributed by atoms with Crippen LogP contribution in [0, 0.1) is 11.8 Å². The van der Waals surface area contributed by atoms with E-state index in [1.54, 1.807) is 12.1 Å². The Balaban J connectivity index is 0.00000441. The van der Waals surface area contributed by atoms with Crippen LogP contribution in [0.15, 0.2) is 47.4 Å². The Hall–Kier alpha value is -3.15. The van der Waals surface area contributed by atoms with Crippen LogP contribution in [0.1, 0.15) is 46.0 Å². The fourth-order valence-corrected chi connectivity index (χ4v) is 6.24. The van der Waals surface area contributed by atoms with E-state index in [2.05, 4.69) is 15.4 Å². The van der Waals surface area contributed by atoms with Crippen LogP contribution in [-0.2, 0) is 10.0 Å². The molecule has 0 bridgehead atoms. The first kappa shape index (κ1) is 31.4. The topological polar surface area (TPSA) is 140 Å². The molecule has 1 aliphatic carbocycles. The Morgan fingerprint density at radius 1 is 0.925 bits per heavy atom. The summed E-state index contributed by atoms with van der Waals surface area (Å²) in [5.74, 6) is 2.99. The third-order valence-corrected chi connectivity index (χ3v) is 8.71. The lowest BCUT2D eigenvalue weighted by atomic mass is 9.82. The number of aromatic nitrogens is 2. The van der Waals surface area contributed by atoms with Crippen molar-refractivity contribution in [1.29, 1.82) is 0 Å². The minimum absolute atomic E-state index is 0. The molecule has 1 aromatic heterocycles. The van der Waals surface area contributed by atoms with Crippen molar-refractivity contribution in [1.82, 2.24) is 14.7 Å². The van der Waals surface area contributed by atoms with Gasteiger partial charge in [0.25, 0.3) is 0 Å². The van der Waals surface area contributed by atoms with Crippen molar-refractivity contribution in [3.05, 3.63) is 42.5 Å². The summed E-state index contributed by atoms with van der Waals surface area (Å²) in [5, 5.41) is 7.89. The Kier molecular flexibility index (Phi) is 11.8. The number of unbranched alkanes of at least 4 members (excludes halogenated alkanes) is 1. The van der Waals surface area contributed by atoms with Gasteiger partial charge >= 0.3 is 0 Å². The van der Waals surface area contributed by atoms with E-state index in [0.29, 0.717) is 36.5 Å². The van der Waals surface area contributed by atoms with Gasteiger partial charge in [0.05, 0.1) is 19.7 Å². The lowest BCUT2D eigenvalue weighted by molar-refractivity contribution is 0.284. The molecular formula is C29H44N6O4S. The van der Waals surface area contributed by atoms with Crippen LogP contribution in [0.2, 0.25) is 0 Å². The molecule has 10 nitrogen and oxygen atoms in total. The molecule has 3 aromatic rings. The number of sulfonamides is 1. The molecule has 220 valence electrons. The predicted molar refractivity (Wildman–Crippen MR) is 162 cm³/mol. The van der Waals surface area contributed by atoms with Crippen molar-refractivity contribution in [3.63, 3.8) is 0 Å². The van der Waals surface area contributed by atoms with Crippen molar-refractivity contribution in [2.75, 3.05) is 51.0 Å². The van der Waals surface area contributed by atoms with Crippen LogP contribution in [0.4, 0.5) is 11.8 Å². The number of fused-ring (bicyclic) bond motifs is 1. The van der Waals surface area contributed by atoms with Crippen LogP contribution in [0.5, 0.6) is 11.5 Å². The van der Waals surface area contributed by atoms with E-state index in [4.69, 9.17) is 25.2 Å². The van der Waals surface area contributed by atoms with Crippen molar-refractivity contribution >= 4 is 32.7 Å². The highest BCUT2D eigenvalue weighted by atomic mass is 32.2. The molecule has 2 aromatic carbocycles. The lowest BCUT2D eigenvalue weighted by Gasteiger charge is -2.28. The standard InChI is InChI=1S/C28H40N6O4S.CH4/c1-37-22-13-14-25(38-2)26(17-22)39(35,36)32-19-21-11-9-20(10-12-21)18-31-28-33-24-8-4-3-7-23(24)27(34-28)30-16-6-5-15-29;/h3-4,7-8,13-14,17,20-21,32H,5-6,9-12,15-16,18-19,29H2,1-2H3,(H2,30,31,33,34);1H4. The maximum absolute atomic E-state index is 13.0. The molecule has 1 heterocycles. The summed E-state index contributed by atoms with van der Waals surface area (Å²) in [6.45, 7) is 2.68. The summed E-state index contributed by atoms with van der Waals surface area (Å²) in [7, 11) is -0.759. The van der Waals surface area contributed by atoms with Crippen LogP contribution in [0.25, 0.3) is 10.9 Å². The van der Waals surface area contributed by atoms with Gasteiger partial charge in [0, 0.05) is 31.1 Å². The molecule has 0 saturated heterocycles. The molecule has 0 spiro atoms. The van der Waals surface area contributed by atoms with Crippen molar-refractivity contribution < 1.29 is 17.9 Å². The van der Waals surface area contributed by atoms with Crippen molar-refractivity contribution in [3.8, 4) is 11.5 Å². The Morgan fingerprint density at radius 2 is 1.65 bits per heavy atom. The fourth-order valence-electron chi connectivity index (χ4n) is 4.94. The summed E-state index contributed by atoms with van der Waals surface area (Å²) in [6, 6.07) is 12.8. The number of nitrogens with one attached hydrogen (secondary N) is 3. The highest BCUT2D eigenvalue weighted by Gasteiger charge is 2.25. The smallest absolute Gasteiger partial charge is 0.244 e. The highest BCUT2D eigenvalue weighted by molar-refractivity contribution is 7.89. The number of anilines is 2. The molecule has 0 aliphatic heterocycles. The van der Waals surface area contributed by atoms with Gasteiger partial charge in [0.15, 0.2) is 0 Å². The number of benzene rings is 2. The molecule has 1 saturated carbocycles. The van der Waals surface area contributed by atoms with E-state index >= 15 is 0 Å². The number of ether oxygens (including phenoxy) is 2. The van der Waals surface area contributed by atoms with E-state index < -0.39 is 10.0 Å². The van der Waals surface area contributed by atoms with Gasteiger partial charge in [-0.05, 0) is 81.2 Å². The van der Waals surface area contributed by atoms with Crippen molar-refractivity contribution in [2.24, 2.45) is 17.6 Å². The maximum Gasteiger partial charge on any atom is 0.244 e. The van der Waals surface area contributed by atoms with Gasteiger partial charge in [-0.2, -0.15) is 4.98 Å². The number of nitrogens with zero attached hydrogens (tertiary/aromatic N) is 2. The average molecular weight is 573 g/mol. The van der Waals surface area contributed by atoms with Crippen molar-refractivity contribution in [2.45, 2.75) is 50.8 Å². The van der Waals surface area contributed by atoms with E-state index in [1.165, 1.54) is 20.3 Å². The van der Waals surface area contributed by atoms with Crippen LogP contribution < -0.4 is 30.6 Å². The summed E-state index contributed by atoms with van der Waals surface area (Å²) in [5.41, 5.74) is 6.52. The second kappa shape index (κ2) is 15.0. The normalized spacial score (nSPS) is 17.2. The Labute approximate surface area is 238 Å². The summed E-state index contributed by atoms with van der Waals surface area (Å²) < 4.78 is 39.2. The third kappa shape index (κ3) is 8.18. The number of hydrogen-bond acceptors (Lipinski definition) is 9. The molecule has 4 rings (SSSR count). The molecule has 0 amide bonds. The first-order valence-electron chi connectivity index (χ1n) is 13.6. The van der Waals surface area contributed by atoms with Gasteiger partial charge < -0.3 is 25.8 Å². The quantitative estimate of drug-likeness (QED) is 0.204. The summed E-state index contributed by atoms with van der Waals surface area (Å²) in [4.78, 5) is 9.55. The summed E-state index contributed by atoms with van der Waals surface area (Å²) in [6.07, 6.45) is 5.90. The van der Waals surface area contributed by atoms with E-state index in [1.807, 2.05) is 24.3 Å². The SMILES string of the molecule is C.COc1ccc(OC)c(S(=O)(=O)NCC2CCC(CNc3nc(NCCCCN)c4ccccc4n3)CC2)c1. The third-order valence-electron chi connectivity index (χ3n) is 7.26. The molecule has 0 radical (unpaired) electrons. The van der Waals surface area contributed by atoms with Gasteiger partial charge in [0.2, 0.25) is 16.0 Å². The number of hydrogen-bond donors (Lipinski definition) is 4. The zero-order valence-electron chi connectivity index (χ0n) is 22.8. The molecule has 40 heavy (non-hydrogen) atoms. The number of rotatable bonds is 14. The second-order valence-electron chi connectivity index (χ2n) is 9.97. The maximum atomic E-state index is 13.0. The largest absolute Gasteiger partial charge is 0.497 e. The number of para-hydroxylation sites is 1. The second-order valence-corrected chi connectivity index (χ2v) is 11.7. The molecule has 0 unspecified atom stereocenters. The minimum Gasteiger partial charge on any atom is -0.497 e. The molecule has 1 aliphatic rings. The minimum atomic E-state index is -3.72. The first-order chi connectivity index (χ1) is 18.9. The molecule has 0 atom stereocenters. The monoisotopic (exact) mass is 572 g/mol. The highest BCUT2D eigenvalue weighted by Crippen LogP contribution is 2.31. The fraction of sp³-hybridized carbons (Fsp3) is 0.517. The van der Waals surface area contributed by atoms with Gasteiger partial charge in [0.1, 0.15) is 22.2 Å². The van der Waals surface area contributed by atoms with E-state index in [9.17, 15) is 8.42 Å². The Bertz CT molecular complexity index is 1330. The summed E-state index contributed by atoms with van der Waals surface area (Å²) >= 11 is 0. The lowest BCUT2D eigenvalue weighted by Crippen LogP contribution is -2.32. The van der Waals surface area contributed by atoms with Crippen LogP contribution in [0.3, 0.4) is 0 Å². The number of nitrogens with two attached hydrogens (primary N) is 1. The molecule has 11 heteroatoms. The van der Waals surface area contributed by atoms with Gasteiger partial charge in [-0.3, -0.25) is 0 Å². The first-order valence-corrected chi connectivity index (χ1v) is 15.1. The Morgan fingerprint density at radius 3 is 2.35 bits per heavy atom. The van der Waals surface area contributed by atoms with Gasteiger partial charge in [-0.25, -0.2) is 18.1 Å². The van der Waals surface area contributed by atoms with E-state index in [-0.39, 0.29) is 18.2 Å².